The Hall–Kier alpha value is -0.620. The third-order valence-corrected chi connectivity index (χ3v) is 4.73. The average molecular weight is 271 g/mol. The second-order valence-electron chi connectivity index (χ2n) is 4.74. The number of carbonyl (C=O) groups excluding carboxylic acids is 1. The third-order valence-electron chi connectivity index (χ3n) is 2.88. The Morgan fingerprint density at radius 1 is 1.53 bits per heavy atom. The fraction of sp³-hybridized carbons (Fsp3) is 0.727. The zero-order chi connectivity index (χ0) is 12.3. The molecular weight excluding hydrogens is 254 g/mol. The molecule has 1 fully saturated rings. The molecule has 1 aliphatic heterocycles. The zero-order valence-electron chi connectivity index (χ0n) is 10.1. The molecule has 17 heavy (non-hydrogen) atoms. The van der Waals surface area contributed by atoms with Crippen LogP contribution >= 0.6 is 23.1 Å². The maximum absolute atomic E-state index is 12.0. The molecule has 1 saturated heterocycles. The molecule has 1 aliphatic rings. The van der Waals surface area contributed by atoms with E-state index >= 15 is 0 Å². The normalized spacial score (nSPS) is 24.9. The van der Waals surface area contributed by atoms with Gasteiger partial charge in [0, 0.05) is 13.1 Å². The largest absolute Gasteiger partial charge is 0.341 e. The molecular formula is C11H17N3OS2. The van der Waals surface area contributed by atoms with Crippen LogP contribution in [0.2, 0.25) is 0 Å². The van der Waals surface area contributed by atoms with Crippen molar-refractivity contribution in [1.82, 2.24) is 15.1 Å². The Kier molecular flexibility index (Phi) is 4.39. The van der Waals surface area contributed by atoms with E-state index in [1.807, 2.05) is 4.90 Å². The molecule has 0 N–H and O–H groups in total. The number of aromatic nitrogens is 2. The van der Waals surface area contributed by atoms with Crippen LogP contribution in [0.5, 0.6) is 0 Å². The summed E-state index contributed by atoms with van der Waals surface area (Å²) in [5.41, 5.74) is 1.69. The summed E-state index contributed by atoms with van der Waals surface area (Å²) in [5, 5.41) is 7.68. The first kappa shape index (κ1) is 12.8. The van der Waals surface area contributed by atoms with Gasteiger partial charge in [0.15, 0.2) is 4.34 Å². The summed E-state index contributed by atoms with van der Waals surface area (Å²) in [6.07, 6.45) is 1.23. The summed E-state index contributed by atoms with van der Waals surface area (Å²) < 4.78 is 0.872. The van der Waals surface area contributed by atoms with E-state index < -0.39 is 0 Å². The number of amides is 1. The first-order chi connectivity index (χ1) is 8.15. The van der Waals surface area contributed by atoms with Gasteiger partial charge >= 0.3 is 0 Å². The lowest BCUT2D eigenvalue weighted by molar-refractivity contribution is -0.130. The van der Waals surface area contributed by atoms with E-state index in [-0.39, 0.29) is 5.91 Å². The Morgan fingerprint density at radius 3 is 2.82 bits per heavy atom. The number of piperidine rings is 1. The quantitative estimate of drug-likeness (QED) is 0.790. The predicted molar refractivity (Wildman–Crippen MR) is 70.2 cm³/mol. The number of rotatable bonds is 3. The highest BCUT2D eigenvalue weighted by atomic mass is 32.2. The van der Waals surface area contributed by atoms with Crippen molar-refractivity contribution in [2.24, 2.45) is 11.8 Å². The fourth-order valence-electron chi connectivity index (χ4n) is 2.31. The molecule has 2 heterocycles. The lowest BCUT2D eigenvalue weighted by Crippen LogP contribution is -2.43. The van der Waals surface area contributed by atoms with Gasteiger partial charge in [0.25, 0.3) is 0 Å². The number of carbonyl (C=O) groups is 1. The summed E-state index contributed by atoms with van der Waals surface area (Å²) in [6.45, 7) is 6.24. The van der Waals surface area contributed by atoms with E-state index in [1.54, 1.807) is 5.51 Å². The van der Waals surface area contributed by atoms with Gasteiger partial charge in [-0.3, -0.25) is 4.79 Å². The molecule has 1 aromatic rings. The van der Waals surface area contributed by atoms with Gasteiger partial charge in [-0.25, -0.2) is 0 Å². The van der Waals surface area contributed by atoms with Crippen molar-refractivity contribution in [2.45, 2.75) is 24.6 Å². The van der Waals surface area contributed by atoms with Gasteiger partial charge in [0.05, 0.1) is 5.75 Å². The van der Waals surface area contributed by atoms with Gasteiger partial charge in [-0.1, -0.05) is 36.9 Å². The highest BCUT2D eigenvalue weighted by molar-refractivity contribution is 8.01. The van der Waals surface area contributed by atoms with Crippen LogP contribution in [-0.2, 0) is 4.79 Å². The summed E-state index contributed by atoms with van der Waals surface area (Å²) in [7, 11) is 0. The van der Waals surface area contributed by atoms with Gasteiger partial charge in [-0.2, -0.15) is 0 Å². The van der Waals surface area contributed by atoms with Gasteiger partial charge in [-0.15, -0.1) is 10.2 Å². The molecule has 0 aromatic carbocycles. The number of thioether (sulfide) groups is 1. The first-order valence-corrected chi connectivity index (χ1v) is 7.68. The minimum atomic E-state index is 0.226. The number of nitrogens with zero attached hydrogens (tertiary/aromatic N) is 3. The molecule has 2 atom stereocenters. The number of hydrogen-bond donors (Lipinski definition) is 0. The summed E-state index contributed by atoms with van der Waals surface area (Å²) >= 11 is 2.97. The van der Waals surface area contributed by atoms with E-state index in [0.717, 1.165) is 17.4 Å². The maximum atomic E-state index is 12.0. The van der Waals surface area contributed by atoms with Crippen LogP contribution in [0.1, 0.15) is 20.3 Å². The van der Waals surface area contributed by atoms with Crippen LogP contribution in [0.3, 0.4) is 0 Å². The van der Waals surface area contributed by atoms with Crippen molar-refractivity contribution in [1.29, 1.82) is 0 Å². The van der Waals surface area contributed by atoms with Gasteiger partial charge in [-0.05, 0) is 18.3 Å². The molecule has 6 heteroatoms. The van der Waals surface area contributed by atoms with E-state index in [1.165, 1.54) is 29.5 Å². The molecule has 0 spiro atoms. The van der Waals surface area contributed by atoms with Crippen molar-refractivity contribution in [3.63, 3.8) is 0 Å². The second kappa shape index (κ2) is 5.82. The SMILES string of the molecule is CC1CC(C)CN(C(=O)CSc2nncs2)C1. The van der Waals surface area contributed by atoms with Crippen molar-refractivity contribution < 1.29 is 4.79 Å². The average Bonchev–Trinajstić information content (AvgIpc) is 2.77. The van der Waals surface area contributed by atoms with Crippen LogP contribution in [0, 0.1) is 11.8 Å². The molecule has 2 unspecified atom stereocenters. The maximum Gasteiger partial charge on any atom is 0.233 e. The van der Waals surface area contributed by atoms with Crippen molar-refractivity contribution in [3.8, 4) is 0 Å². The molecule has 0 saturated carbocycles. The molecule has 0 radical (unpaired) electrons. The van der Waals surface area contributed by atoms with E-state index in [0.29, 0.717) is 17.6 Å². The molecule has 1 aromatic heterocycles. The van der Waals surface area contributed by atoms with Crippen LogP contribution in [-0.4, -0.2) is 39.8 Å². The van der Waals surface area contributed by atoms with Gasteiger partial charge < -0.3 is 4.90 Å². The summed E-state index contributed by atoms with van der Waals surface area (Å²) in [4.78, 5) is 14.0. The monoisotopic (exact) mass is 271 g/mol. The topological polar surface area (TPSA) is 46.1 Å². The molecule has 1 amide bonds. The zero-order valence-corrected chi connectivity index (χ0v) is 11.8. The first-order valence-electron chi connectivity index (χ1n) is 5.82. The summed E-state index contributed by atoms with van der Waals surface area (Å²) in [5.74, 6) is 1.95. The Balaban J connectivity index is 1.83. The highest BCUT2D eigenvalue weighted by Gasteiger charge is 2.25. The van der Waals surface area contributed by atoms with E-state index in [4.69, 9.17) is 0 Å². The van der Waals surface area contributed by atoms with Gasteiger partial charge in [0.1, 0.15) is 5.51 Å². The fourth-order valence-corrected chi connectivity index (χ4v) is 3.70. The molecule has 94 valence electrons. The molecule has 0 bridgehead atoms. The molecule has 4 nitrogen and oxygen atoms in total. The van der Waals surface area contributed by atoms with Crippen LogP contribution in [0.25, 0.3) is 0 Å². The summed E-state index contributed by atoms with van der Waals surface area (Å²) in [6, 6.07) is 0. The molecule has 2 rings (SSSR count). The third kappa shape index (κ3) is 3.67. The highest BCUT2D eigenvalue weighted by Crippen LogP contribution is 2.23. The van der Waals surface area contributed by atoms with Crippen molar-refractivity contribution in [3.05, 3.63) is 5.51 Å². The smallest absolute Gasteiger partial charge is 0.233 e. The Labute approximate surface area is 110 Å². The lowest BCUT2D eigenvalue weighted by atomic mass is 9.92. The Morgan fingerprint density at radius 2 is 2.24 bits per heavy atom. The van der Waals surface area contributed by atoms with E-state index in [9.17, 15) is 4.79 Å². The predicted octanol–water partition coefficient (Wildman–Crippen LogP) is 2.13. The minimum absolute atomic E-state index is 0.226. The van der Waals surface area contributed by atoms with Gasteiger partial charge in [0.2, 0.25) is 5.91 Å². The lowest BCUT2D eigenvalue weighted by Gasteiger charge is -2.34. The van der Waals surface area contributed by atoms with Crippen molar-refractivity contribution >= 4 is 29.0 Å². The molecule has 0 aliphatic carbocycles. The van der Waals surface area contributed by atoms with E-state index in [2.05, 4.69) is 24.0 Å². The minimum Gasteiger partial charge on any atom is -0.341 e. The number of likely N-dealkylation sites (tertiary alicyclic amines) is 1. The second-order valence-corrected chi connectivity index (χ2v) is 6.79. The van der Waals surface area contributed by atoms with Crippen LogP contribution < -0.4 is 0 Å². The standard InChI is InChI=1S/C11H17N3OS2/c1-8-3-9(2)5-14(4-8)10(15)6-16-11-13-12-7-17-11/h7-9H,3-6H2,1-2H3. The Bertz CT molecular complexity index is 359. The van der Waals surface area contributed by atoms with Crippen LogP contribution in [0.15, 0.2) is 9.85 Å². The number of hydrogen-bond acceptors (Lipinski definition) is 5. The van der Waals surface area contributed by atoms with Crippen LogP contribution in [0.4, 0.5) is 0 Å². The van der Waals surface area contributed by atoms with Crippen molar-refractivity contribution in [2.75, 3.05) is 18.8 Å².